The summed E-state index contributed by atoms with van der Waals surface area (Å²) in [7, 11) is 0. The van der Waals surface area contributed by atoms with Gasteiger partial charge in [-0.25, -0.2) is 13.9 Å². The van der Waals surface area contributed by atoms with Gasteiger partial charge < -0.3 is 0 Å². The predicted octanol–water partition coefficient (Wildman–Crippen LogP) is 1.75. The number of H-pyrrole nitrogens is 2. The average molecular weight is 288 g/mol. The van der Waals surface area contributed by atoms with Crippen molar-refractivity contribution in [1.29, 1.82) is 0 Å². The summed E-state index contributed by atoms with van der Waals surface area (Å²) >= 11 is 0. The molecule has 4 rings (SSSR count). The van der Waals surface area contributed by atoms with Crippen LogP contribution in [0.4, 0.5) is 8.78 Å². The van der Waals surface area contributed by atoms with Gasteiger partial charge in [0.05, 0.1) is 0 Å². The van der Waals surface area contributed by atoms with Crippen molar-refractivity contribution < 1.29 is 8.78 Å². The fourth-order valence-electron chi connectivity index (χ4n) is 2.86. The van der Waals surface area contributed by atoms with Crippen LogP contribution in [0.3, 0.4) is 0 Å². The molecule has 3 aromatic rings. The minimum absolute atomic E-state index is 0.111. The first-order valence-corrected chi connectivity index (χ1v) is 6.47. The van der Waals surface area contributed by atoms with E-state index in [1.165, 1.54) is 6.07 Å². The van der Waals surface area contributed by atoms with Crippen LogP contribution in [0.2, 0.25) is 0 Å². The molecule has 0 fully saturated rings. The van der Waals surface area contributed by atoms with Gasteiger partial charge in [0.25, 0.3) is 0 Å². The van der Waals surface area contributed by atoms with Crippen LogP contribution in [-0.4, -0.2) is 30.8 Å². The predicted molar refractivity (Wildman–Crippen MR) is 68.3 cm³/mol. The van der Waals surface area contributed by atoms with E-state index >= 15 is 0 Å². The Hall–Kier alpha value is -2.64. The molecule has 0 amide bonds. The summed E-state index contributed by atoms with van der Waals surface area (Å²) < 4.78 is 27.2. The van der Waals surface area contributed by atoms with Crippen LogP contribution in [0.15, 0.2) is 18.2 Å². The van der Waals surface area contributed by atoms with Crippen molar-refractivity contribution in [3.63, 3.8) is 0 Å². The number of hydrogen-bond donors (Lipinski definition) is 2. The Morgan fingerprint density at radius 1 is 1.14 bits per heavy atom. The molecule has 0 bridgehead atoms. The van der Waals surface area contributed by atoms with E-state index < -0.39 is 5.82 Å². The summed E-state index contributed by atoms with van der Waals surface area (Å²) in [6, 6.07) is 3.55. The molecule has 2 N–H and O–H groups in total. The number of hydrogen-bond acceptors (Lipinski definition) is 4. The smallest absolute Gasteiger partial charge is 0.200 e. The molecule has 0 aliphatic heterocycles. The number of benzene rings is 1. The minimum Gasteiger partial charge on any atom is -0.282 e. The summed E-state index contributed by atoms with van der Waals surface area (Å²) in [5.74, 6) is -0.463. The lowest BCUT2D eigenvalue weighted by Crippen LogP contribution is -2.03. The van der Waals surface area contributed by atoms with Crippen LogP contribution < -0.4 is 0 Å². The number of fused-ring (bicyclic) bond motifs is 1. The van der Waals surface area contributed by atoms with E-state index in [2.05, 4.69) is 30.8 Å². The highest BCUT2D eigenvalue weighted by Crippen LogP contribution is 2.37. The molecule has 6 nitrogen and oxygen atoms in total. The van der Waals surface area contributed by atoms with Crippen LogP contribution in [0.5, 0.6) is 0 Å². The van der Waals surface area contributed by atoms with Crippen LogP contribution in [-0.2, 0) is 12.8 Å². The second-order valence-corrected chi connectivity index (χ2v) is 5.05. The van der Waals surface area contributed by atoms with Gasteiger partial charge in [0, 0.05) is 11.3 Å². The van der Waals surface area contributed by atoms with E-state index in [9.17, 15) is 8.78 Å². The summed E-state index contributed by atoms with van der Waals surface area (Å²) in [5, 5.41) is 20.6. The quantitative estimate of drug-likeness (QED) is 0.752. The molecule has 8 heteroatoms. The van der Waals surface area contributed by atoms with E-state index in [0.29, 0.717) is 29.9 Å². The molecule has 1 unspecified atom stereocenters. The highest BCUT2D eigenvalue weighted by Gasteiger charge is 2.31. The van der Waals surface area contributed by atoms with E-state index in [4.69, 9.17) is 0 Å². The number of nitrogens with zero attached hydrogens (tertiary/aromatic N) is 4. The maximum absolute atomic E-state index is 13.9. The number of halogens is 2. The molecule has 2 heterocycles. The first-order valence-electron chi connectivity index (χ1n) is 6.47. The number of rotatable bonds is 2. The number of aromatic amines is 2. The molecular weight excluding hydrogens is 278 g/mol. The molecule has 1 aliphatic carbocycles. The molecule has 106 valence electrons. The van der Waals surface area contributed by atoms with Gasteiger partial charge in [-0.1, -0.05) is 0 Å². The summed E-state index contributed by atoms with van der Waals surface area (Å²) in [5.41, 5.74) is 2.88. The largest absolute Gasteiger partial charge is 0.282 e. The SMILES string of the molecule is Fc1ccc(F)c(C2Cc3[nH]nc(-c4nnn[nH]4)c3C2)c1. The first-order chi connectivity index (χ1) is 10.2. The van der Waals surface area contributed by atoms with Gasteiger partial charge in [-0.15, -0.1) is 5.10 Å². The normalized spacial score (nSPS) is 17.1. The monoisotopic (exact) mass is 288 g/mol. The highest BCUT2D eigenvalue weighted by molar-refractivity contribution is 5.57. The maximum Gasteiger partial charge on any atom is 0.200 e. The third kappa shape index (κ3) is 1.91. The second-order valence-electron chi connectivity index (χ2n) is 5.05. The first kappa shape index (κ1) is 12.1. The van der Waals surface area contributed by atoms with Gasteiger partial charge in [0.1, 0.15) is 17.3 Å². The maximum atomic E-state index is 13.9. The zero-order valence-electron chi connectivity index (χ0n) is 10.8. The van der Waals surface area contributed by atoms with E-state index in [1.54, 1.807) is 0 Å². The highest BCUT2D eigenvalue weighted by atomic mass is 19.1. The Bertz CT molecular complexity index is 795. The molecule has 0 spiro atoms. The number of tetrazole rings is 1. The lowest BCUT2D eigenvalue weighted by molar-refractivity contribution is 0.562. The third-order valence-corrected chi connectivity index (χ3v) is 3.82. The van der Waals surface area contributed by atoms with Crippen molar-refractivity contribution in [1.82, 2.24) is 30.8 Å². The molecule has 1 aliphatic rings. The molecule has 0 radical (unpaired) electrons. The average Bonchev–Trinajstić information content (AvgIpc) is 3.15. The number of aromatic nitrogens is 6. The van der Waals surface area contributed by atoms with Crippen molar-refractivity contribution in [2.45, 2.75) is 18.8 Å². The van der Waals surface area contributed by atoms with Crippen LogP contribution in [0.1, 0.15) is 22.7 Å². The Balaban J connectivity index is 1.70. The van der Waals surface area contributed by atoms with Gasteiger partial charge in [0.2, 0.25) is 0 Å². The van der Waals surface area contributed by atoms with Gasteiger partial charge in [0.15, 0.2) is 5.82 Å². The lowest BCUT2D eigenvalue weighted by atomic mass is 9.95. The Morgan fingerprint density at radius 3 is 2.86 bits per heavy atom. The van der Waals surface area contributed by atoms with Gasteiger partial charge >= 0.3 is 0 Å². The standard InChI is InChI=1S/C13H10F2N6/c14-7-1-2-10(15)8(5-7)6-3-9-11(4-6)16-17-12(9)13-18-20-21-19-13/h1-2,5-6H,3-4H2,(H,16,17)(H,18,19,20,21). The topological polar surface area (TPSA) is 83.1 Å². The molecule has 1 aromatic carbocycles. The second kappa shape index (κ2) is 4.44. The zero-order valence-corrected chi connectivity index (χ0v) is 10.8. The van der Waals surface area contributed by atoms with Crippen molar-refractivity contribution >= 4 is 0 Å². The molecule has 21 heavy (non-hydrogen) atoms. The molecule has 0 saturated heterocycles. The van der Waals surface area contributed by atoms with Crippen LogP contribution in [0.25, 0.3) is 11.5 Å². The Morgan fingerprint density at radius 2 is 2.05 bits per heavy atom. The van der Waals surface area contributed by atoms with Crippen molar-refractivity contribution in [2.24, 2.45) is 0 Å². The zero-order chi connectivity index (χ0) is 14.4. The summed E-state index contributed by atoms with van der Waals surface area (Å²) in [4.78, 5) is 0. The van der Waals surface area contributed by atoms with Crippen LogP contribution >= 0.6 is 0 Å². The Kier molecular flexibility index (Phi) is 2.56. The molecule has 0 saturated carbocycles. The fraction of sp³-hybridized carbons (Fsp3) is 0.231. The minimum atomic E-state index is -0.431. The van der Waals surface area contributed by atoms with Gasteiger partial charge in [-0.3, -0.25) is 5.10 Å². The summed E-state index contributed by atoms with van der Waals surface area (Å²) in [6.07, 6.45) is 1.16. The molecule has 2 aromatic heterocycles. The number of nitrogens with one attached hydrogen (secondary N) is 2. The Labute approximate surface area is 117 Å². The third-order valence-electron chi connectivity index (χ3n) is 3.82. The van der Waals surface area contributed by atoms with E-state index in [1.807, 2.05) is 0 Å². The van der Waals surface area contributed by atoms with Gasteiger partial charge in [-0.05, 0) is 52.9 Å². The van der Waals surface area contributed by atoms with Crippen molar-refractivity contribution in [3.8, 4) is 11.5 Å². The van der Waals surface area contributed by atoms with E-state index in [0.717, 1.165) is 23.4 Å². The van der Waals surface area contributed by atoms with Gasteiger partial charge in [-0.2, -0.15) is 5.10 Å². The van der Waals surface area contributed by atoms with Crippen LogP contribution in [0, 0.1) is 11.6 Å². The molecule has 1 atom stereocenters. The van der Waals surface area contributed by atoms with Crippen molar-refractivity contribution in [3.05, 3.63) is 46.7 Å². The van der Waals surface area contributed by atoms with Crippen molar-refractivity contribution in [2.75, 3.05) is 0 Å². The fourth-order valence-corrected chi connectivity index (χ4v) is 2.86. The lowest BCUT2D eigenvalue weighted by Gasteiger charge is -2.11. The molecular formula is C13H10F2N6. The summed E-state index contributed by atoms with van der Waals surface area (Å²) in [6.45, 7) is 0. The van der Waals surface area contributed by atoms with E-state index in [-0.39, 0.29) is 11.7 Å².